The first-order valence-corrected chi connectivity index (χ1v) is 12.8. The number of nitrogens with one attached hydrogen (secondary N) is 1. The zero-order valence-corrected chi connectivity index (χ0v) is 22.2. The molecule has 11 heteroatoms. The second-order valence-electron chi connectivity index (χ2n) is 9.25. The van der Waals surface area contributed by atoms with Gasteiger partial charge in [0, 0.05) is 29.8 Å². The molecule has 4 aromatic rings. The molecule has 0 radical (unpaired) electrons. The van der Waals surface area contributed by atoms with E-state index in [0.717, 1.165) is 0 Å². The van der Waals surface area contributed by atoms with E-state index >= 15 is 0 Å². The van der Waals surface area contributed by atoms with Gasteiger partial charge in [0.2, 0.25) is 0 Å². The number of amides is 2. The van der Waals surface area contributed by atoms with Crippen LogP contribution in [0.3, 0.4) is 0 Å². The number of hydrogen-bond donors (Lipinski definition) is 2. The van der Waals surface area contributed by atoms with Crippen molar-refractivity contribution in [3.8, 4) is 28.8 Å². The predicted molar refractivity (Wildman–Crippen MR) is 143 cm³/mol. The highest BCUT2D eigenvalue weighted by atomic mass is 35.5. The number of likely N-dealkylation sites (N-methyl/N-ethyl adjacent to an activating group) is 1. The lowest BCUT2D eigenvalue weighted by atomic mass is 10.1. The van der Waals surface area contributed by atoms with E-state index in [1.165, 1.54) is 28.4 Å². The summed E-state index contributed by atoms with van der Waals surface area (Å²) in [5, 5.41) is 14.6. The molecule has 0 bridgehead atoms. The normalized spacial score (nSPS) is 15.4. The highest BCUT2D eigenvalue weighted by molar-refractivity contribution is 7.15. The monoisotopic (exact) mass is 552 g/mol. The Bertz CT molecular complexity index is 1650. The Labute approximate surface area is 226 Å². The third-order valence-electron chi connectivity index (χ3n) is 5.82. The SMILES string of the molecule is CN1C(=O)[C@@H](NC(=O)c2cn3c(-c4ccc(F)cc4Cl)csc3n2)COc2ccc(C#CC(C)(C)O)cc21. The summed E-state index contributed by atoms with van der Waals surface area (Å²) in [4.78, 5) is 32.6. The Morgan fingerprint density at radius 2 is 2.11 bits per heavy atom. The molecule has 2 aromatic carbocycles. The number of aliphatic hydroxyl groups is 1. The highest BCUT2D eigenvalue weighted by Gasteiger charge is 2.31. The van der Waals surface area contributed by atoms with Crippen LogP contribution in [0.4, 0.5) is 10.1 Å². The molecule has 2 amide bonds. The van der Waals surface area contributed by atoms with E-state index < -0.39 is 23.4 Å². The number of fused-ring (bicyclic) bond motifs is 2. The summed E-state index contributed by atoms with van der Waals surface area (Å²) in [7, 11) is 1.59. The number of ether oxygens (including phenoxy) is 1. The number of aromatic nitrogens is 2. The van der Waals surface area contributed by atoms with Gasteiger partial charge in [0.15, 0.2) is 4.96 Å². The Balaban J connectivity index is 1.36. The number of rotatable bonds is 3. The minimum atomic E-state index is -1.16. The summed E-state index contributed by atoms with van der Waals surface area (Å²) in [6.45, 7) is 3.09. The molecule has 0 saturated heterocycles. The number of imidazole rings is 1. The molecule has 0 fully saturated rings. The van der Waals surface area contributed by atoms with E-state index in [4.69, 9.17) is 16.3 Å². The zero-order chi connectivity index (χ0) is 27.2. The third-order valence-corrected chi connectivity index (χ3v) is 6.97. The van der Waals surface area contributed by atoms with Gasteiger partial charge in [0.05, 0.1) is 16.4 Å². The quantitative estimate of drug-likeness (QED) is 0.373. The van der Waals surface area contributed by atoms with Crippen LogP contribution in [-0.2, 0) is 4.79 Å². The number of thiazole rings is 1. The number of nitrogens with zero attached hydrogens (tertiary/aromatic N) is 3. The van der Waals surface area contributed by atoms with Gasteiger partial charge in [-0.25, -0.2) is 9.37 Å². The van der Waals surface area contributed by atoms with Crippen LogP contribution < -0.4 is 15.0 Å². The van der Waals surface area contributed by atoms with Crippen molar-refractivity contribution in [1.29, 1.82) is 0 Å². The molecule has 0 aliphatic carbocycles. The van der Waals surface area contributed by atoms with Crippen LogP contribution in [0.15, 0.2) is 48.0 Å². The summed E-state index contributed by atoms with van der Waals surface area (Å²) in [6, 6.07) is 8.26. The Morgan fingerprint density at radius 3 is 2.84 bits per heavy atom. The minimum Gasteiger partial charge on any atom is -0.489 e. The van der Waals surface area contributed by atoms with Crippen molar-refractivity contribution in [2.45, 2.75) is 25.5 Å². The van der Waals surface area contributed by atoms with Crippen LogP contribution in [-0.4, -0.2) is 51.6 Å². The summed E-state index contributed by atoms with van der Waals surface area (Å²) in [5.41, 5.74) is 1.31. The largest absolute Gasteiger partial charge is 0.489 e. The molecular formula is C27H22ClFN4O4S. The molecule has 8 nitrogen and oxygen atoms in total. The highest BCUT2D eigenvalue weighted by Crippen LogP contribution is 2.33. The van der Waals surface area contributed by atoms with E-state index in [0.29, 0.717) is 33.2 Å². The van der Waals surface area contributed by atoms with Gasteiger partial charge in [-0.15, -0.1) is 11.3 Å². The molecular weight excluding hydrogens is 531 g/mol. The van der Waals surface area contributed by atoms with Crippen molar-refractivity contribution in [3.05, 3.63) is 70.1 Å². The Morgan fingerprint density at radius 1 is 1.32 bits per heavy atom. The van der Waals surface area contributed by atoms with E-state index in [1.807, 2.05) is 5.38 Å². The van der Waals surface area contributed by atoms with Crippen molar-refractivity contribution in [2.75, 3.05) is 18.6 Å². The molecule has 38 heavy (non-hydrogen) atoms. The number of benzene rings is 2. The maximum atomic E-state index is 13.5. The molecule has 3 heterocycles. The average Bonchev–Trinajstić information content (AvgIpc) is 3.43. The summed E-state index contributed by atoms with van der Waals surface area (Å²) in [6.07, 6.45) is 1.55. The summed E-state index contributed by atoms with van der Waals surface area (Å²) >= 11 is 7.53. The number of anilines is 1. The first-order chi connectivity index (χ1) is 18.0. The predicted octanol–water partition coefficient (Wildman–Crippen LogP) is 4.13. The molecule has 5 rings (SSSR count). The Hall–Kier alpha value is -3.91. The maximum Gasteiger partial charge on any atom is 0.272 e. The summed E-state index contributed by atoms with van der Waals surface area (Å²) in [5.74, 6) is 4.73. The van der Waals surface area contributed by atoms with E-state index in [9.17, 15) is 19.1 Å². The molecule has 2 aromatic heterocycles. The Kier molecular flexibility index (Phi) is 6.61. The fourth-order valence-corrected chi connectivity index (χ4v) is 5.06. The van der Waals surface area contributed by atoms with E-state index in [1.54, 1.807) is 55.8 Å². The van der Waals surface area contributed by atoms with Crippen LogP contribution in [0, 0.1) is 17.7 Å². The fraction of sp³-hybridized carbons (Fsp3) is 0.222. The molecule has 0 unspecified atom stereocenters. The van der Waals surface area contributed by atoms with Gasteiger partial charge in [-0.3, -0.25) is 14.0 Å². The number of halogens is 2. The molecule has 0 spiro atoms. The van der Waals surface area contributed by atoms with Gasteiger partial charge in [0.1, 0.15) is 35.5 Å². The van der Waals surface area contributed by atoms with Gasteiger partial charge in [-0.2, -0.15) is 0 Å². The zero-order valence-electron chi connectivity index (χ0n) is 20.6. The van der Waals surface area contributed by atoms with Gasteiger partial charge < -0.3 is 20.1 Å². The third kappa shape index (κ3) is 5.09. The van der Waals surface area contributed by atoms with Crippen LogP contribution in [0.5, 0.6) is 5.75 Å². The van der Waals surface area contributed by atoms with Crippen molar-refractivity contribution in [2.24, 2.45) is 0 Å². The second kappa shape index (κ2) is 9.76. The molecule has 1 atom stereocenters. The maximum absolute atomic E-state index is 13.5. The second-order valence-corrected chi connectivity index (χ2v) is 10.5. The lowest BCUT2D eigenvalue weighted by Crippen LogP contribution is -2.49. The van der Waals surface area contributed by atoms with Crippen LogP contribution in [0.25, 0.3) is 16.2 Å². The summed E-state index contributed by atoms with van der Waals surface area (Å²) < 4.78 is 21.0. The minimum absolute atomic E-state index is 0.0741. The topological polar surface area (TPSA) is 96.2 Å². The molecule has 2 N–H and O–H groups in total. The van der Waals surface area contributed by atoms with Crippen LogP contribution in [0.2, 0.25) is 5.02 Å². The van der Waals surface area contributed by atoms with Crippen molar-refractivity contribution >= 4 is 45.4 Å². The van der Waals surface area contributed by atoms with E-state index in [2.05, 4.69) is 22.1 Å². The number of carbonyl (C=O) groups is 2. The van der Waals surface area contributed by atoms with Gasteiger partial charge in [0.25, 0.3) is 11.8 Å². The van der Waals surface area contributed by atoms with Crippen molar-refractivity contribution in [1.82, 2.24) is 14.7 Å². The lowest BCUT2D eigenvalue weighted by molar-refractivity contribution is -0.120. The van der Waals surface area contributed by atoms with Gasteiger partial charge >= 0.3 is 0 Å². The molecule has 1 aliphatic heterocycles. The fourth-order valence-electron chi connectivity index (χ4n) is 3.92. The van der Waals surface area contributed by atoms with E-state index in [-0.39, 0.29) is 23.2 Å². The van der Waals surface area contributed by atoms with Gasteiger partial charge in [-0.05, 0) is 50.2 Å². The van der Waals surface area contributed by atoms with Crippen molar-refractivity contribution < 1.29 is 23.8 Å². The number of hydrogen-bond acceptors (Lipinski definition) is 6. The average molecular weight is 553 g/mol. The first-order valence-electron chi connectivity index (χ1n) is 11.5. The van der Waals surface area contributed by atoms with Gasteiger partial charge in [-0.1, -0.05) is 23.4 Å². The first kappa shape index (κ1) is 25.7. The van der Waals surface area contributed by atoms with Crippen LogP contribution >= 0.6 is 22.9 Å². The number of carbonyl (C=O) groups excluding carboxylic acids is 2. The lowest BCUT2D eigenvalue weighted by Gasteiger charge is -2.20. The smallest absolute Gasteiger partial charge is 0.272 e. The molecule has 1 aliphatic rings. The van der Waals surface area contributed by atoms with Crippen molar-refractivity contribution in [3.63, 3.8) is 0 Å². The molecule has 194 valence electrons. The van der Waals surface area contributed by atoms with Crippen LogP contribution in [0.1, 0.15) is 29.9 Å². The standard InChI is InChI=1S/C27H22ClFN4O4S/c1-27(2,36)9-8-15-4-7-23-21(10-15)32(3)25(35)20(13-37-23)30-24(34)19-12-33-22(14-38-26(33)31-19)17-6-5-16(29)11-18(17)28/h4-7,10-12,14,20,36H,13H2,1-3H3,(H,30,34)/t20-/m0/s1. The molecule has 0 saturated carbocycles.